The molecule has 0 fully saturated rings. The van der Waals surface area contributed by atoms with Crippen LogP contribution in [0.1, 0.15) is 35.3 Å². The Morgan fingerprint density at radius 1 is 1.21 bits per heavy atom. The Bertz CT molecular complexity index is 590. The molecule has 0 atom stereocenters. The van der Waals surface area contributed by atoms with E-state index in [9.17, 15) is 0 Å². The lowest BCUT2D eigenvalue weighted by Gasteiger charge is -2.17. The molecule has 19 heavy (non-hydrogen) atoms. The van der Waals surface area contributed by atoms with Gasteiger partial charge in [0.15, 0.2) is 0 Å². The van der Waals surface area contributed by atoms with Gasteiger partial charge in [-0.1, -0.05) is 13.0 Å². The molecule has 0 spiro atoms. The lowest BCUT2D eigenvalue weighted by Crippen LogP contribution is -2.24. The van der Waals surface area contributed by atoms with E-state index in [1.54, 1.807) is 0 Å². The van der Waals surface area contributed by atoms with Crippen molar-refractivity contribution in [3.8, 4) is 5.69 Å². The average molecular weight is 255 g/mol. The number of rotatable bonds is 2. The van der Waals surface area contributed by atoms with Crippen LogP contribution in [-0.2, 0) is 19.4 Å². The van der Waals surface area contributed by atoms with Crippen molar-refractivity contribution in [1.82, 2.24) is 14.9 Å². The normalized spacial score (nSPS) is 14.5. The molecule has 0 saturated carbocycles. The van der Waals surface area contributed by atoms with E-state index in [4.69, 9.17) is 4.98 Å². The van der Waals surface area contributed by atoms with Crippen LogP contribution in [0.2, 0.25) is 0 Å². The van der Waals surface area contributed by atoms with Gasteiger partial charge in [-0.2, -0.15) is 0 Å². The summed E-state index contributed by atoms with van der Waals surface area (Å²) in [6, 6.07) is 6.74. The van der Waals surface area contributed by atoms with E-state index >= 15 is 0 Å². The van der Waals surface area contributed by atoms with E-state index < -0.39 is 0 Å². The van der Waals surface area contributed by atoms with Crippen molar-refractivity contribution in [3.05, 3.63) is 46.5 Å². The molecule has 0 amide bonds. The summed E-state index contributed by atoms with van der Waals surface area (Å²) < 4.78 is 2.37. The Hall–Kier alpha value is -1.61. The summed E-state index contributed by atoms with van der Waals surface area (Å²) in [6.45, 7) is 8.45. The molecule has 0 aliphatic carbocycles. The smallest absolute Gasteiger partial charge is 0.113 e. The highest BCUT2D eigenvalue weighted by atomic mass is 15.1. The van der Waals surface area contributed by atoms with Crippen molar-refractivity contribution in [3.63, 3.8) is 0 Å². The molecule has 0 radical (unpaired) electrons. The second-order valence-corrected chi connectivity index (χ2v) is 5.38. The van der Waals surface area contributed by atoms with E-state index in [-0.39, 0.29) is 0 Å². The Balaban J connectivity index is 2.20. The molecule has 0 bridgehead atoms. The van der Waals surface area contributed by atoms with Gasteiger partial charge in [-0.05, 0) is 37.1 Å². The first-order chi connectivity index (χ1) is 9.19. The van der Waals surface area contributed by atoms with E-state index in [0.717, 1.165) is 25.9 Å². The summed E-state index contributed by atoms with van der Waals surface area (Å²) in [6.07, 6.45) is 2.04. The molecule has 3 heteroatoms. The molecular weight excluding hydrogens is 234 g/mol. The Labute approximate surface area is 114 Å². The number of aryl methyl sites for hydroxylation is 3. The highest BCUT2D eigenvalue weighted by Gasteiger charge is 2.19. The summed E-state index contributed by atoms with van der Waals surface area (Å²) in [5, 5.41) is 3.40. The second kappa shape index (κ2) is 4.82. The lowest BCUT2D eigenvalue weighted by molar-refractivity contribution is 0.620. The summed E-state index contributed by atoms with van der Waals surface area (Å²) in [7, 11) is 0. The number of hydrogen-bond donors (Lipinski definition) is 1. The number of benzene rings is 1. The van der Waals surface area contributed by atoms with Crippen LogP contribution in [0.3, 0.4) is 0 Å². The Morgan fingerprint density at radius 3 is 2.63 bits per heavy atom. The largest absolute Gasteiger partial charge is 0.311 e. The molecule has 1 N–H and O–H groups in total. The lowest BCUT2D eigenvalue weighted by atomic mass is 10.1. The number of hydrogen-bond acceptors (Lipinski definition) is 2. The van der Waals surface area contributed by atoms with Crippen molar-refractivity contribution in [2.75, 3.05) is 6.54 Å². The van der Waals surface area contributed by atoms with Gasteiger partial charge in [0.1, 0.15) is 5.82 Å². The fraction of sp³-hybridized carbons (Fsp3) is 0.438. The highest BCUT2D eigenvalue weighted by molar-refractivity contribution is 5.43. The molecule has 1 aromatic carbocycles. The summed E-state index contributed by atoms with van der Waals surface area (Å²) in [5.74, 6) is 1.18. The molecule has 2 aromatic rings. The van der Waals surface area contributed by atoms with Gasteiger partial charge in [-0.25, -0.2) is 4.98 Å². The summed E-state index contributed by atoms with van der Waals surface area (Å²) in [5.41, 5.74) is 6.51. The van der Waals surface area contributed by atoms with Gasteiger partial charge < -0.3 is 9.88 Å². The summed E-state index contributed by atoms with van der Waals surface area (Å²) in [4.78, 5) is 4.81. The third-order valence-electron chi connectivity index (χ3n) is 3.74. The van der Waals surface area contributed by atoms with Crippen LogP contribution in [0, 0.1) is 13.8 Å². The second-order valence-electron chi connectivity index (χ2n) is 5.38. The fourth-order valence-electron chi connectivity index (χ4n) is 2.99. The van der Waals surface area contributed by atoms with Crippen LogP contribution in [0.4, 0.5) is 0 Å². The van der Waals surface area contributed by atoms with Crippen LogP contribution in [0.15, 0.2) is 18.2 Å². The van der Waals surface area contributed by atoms with Crippen LogP contribution in [-0.4, -0.2) is 16.1 Å². The van der Waals surface area contributed by atoms with Crippen molar-refractivity contribution in [1.29, 1.82) is 0 Å². The third-order valence-corrected chi connectivity index (χ3v) is 3.74. The topological polar surface area (TPSA) is 29.9 Å². The zero-order chi connectivity index (χ0) is 13.4. The molecule has 1 aliphatic heterocycles. The first-order valence-electron chi connectivity index (χ1n) is 7.07. The van der Waals surface area contributed by atoms with E-state index in [1.807, 2.05) is 0 Å². The van der Waals surface area contributed by atoms with Crippen LogP contribution >= 0.6 is 0 Å². The first kappa shape index (κ1) is 12.4. The van der Waals surface area contributed by atoms with E-state index in [0.29, 0.717) is 0 Å². The van der Waals surface area contributed by atoms with Crippen molar-refractivity contribution in [2.45, 2.75) is 40.2 Å². The maximum Gasteiger partial charge on any atom is 0.113 e. The van der Waals surface area contributed by atoms with Crippen LogP contribution in [0.5, 0.6) is 0 Å². The number of imidazole rings is 1. The predicted molar refractivity (Wildman–Crippen MR) is 77.8 cm³/mol. The molecule has 0 unspecified atom stereocenters. The van der Waals surface area contributed by atoms with Crippen molar-refractivity contribution < 1.29 is 0 Å². The van der Waals surface area contributed by atoms with Crippen molar-refractivity contribution in [2.24, 2.45) is 0 Å². The van der Waals surface area contributed by atoms with E-state index in [2.05, 4.69) is 48.9 Å². The van der Waals surface area contributed by atoms with Gasteiger partial charge in [0, 0.05) is 37.3 Å². The molecule has 2 heterocycles. The summed E-state index contributed by atoms with van der Waals surface area (Å²) >= 11 is 0. The maximum absolute atomic E-state index is 4.81. The van der Waals surface area contributed by atoms with Crippen LogP contribution in [0.25, 0.3) is 5.69 Å². The molecule has 1 aliphatic rings. The zero-order valence-electron chi connectivity index (χ0n) is 12.0. The minimum Gasteiger partial charge on any atom is -0.311 e. The van der Waals surface area contributed by atoms with Gasteiger partial charge in [0.25, 0.3) is 0 Å². The quantitative estimate of drug-likeness (QED) is 0.894. The minimum absolute atomic E-state index is 0.903. The van der Waals surface area contributed by atoms with Gasteiger partial charge in [-0.3, -0.25) is 0 Å². The van der Waals surface area contributed by atoms with Gasteiger partial charge >= 0.3 is 0 Å². The van der Waals surface area contributed by atoms with Gasteiger partial charge in [-0.15, -0.1) is 0 Å². The molecule has 3 nitrogen and oxygen atoms in total. The van der Waals surface area contributed by atoms with Crippen molar-refractivity contribution >= 4 is 0 Å². The SMILES string of the molecule is CCc1nc2c(n1-c1cc(C)cc(C)c1)CCNC2. The molecular formula is C16H21N3. The number of nitrogens with zero attached hydrogens (tertiary/aromatic N) is 2. The van der Waals surface area contributed by atoms with E-state index in [1.165, 1.54) is 34.0 Å². The van der Waals surface area contributed by atoms with Gasteiger partial charge in [0.05, 0.1) is 5.69 Å². The monoisotopic (exact) mass is 255 g/mol. The molecule has 0 saturated heterocycles. The van der Waals surface area contributed by atoms with Crippen LogP contribution < -0.4 is 5.32 Å². The number of aromatic nitrogens is 2. The molecule has 1 aromatic heterocycles. The number of fused-ring (bicyclic) bond motifs is 1. The third kappa shape index (κ3) is 2.19. The number of nitrogens with one attached hydrogen (secondary N) is 1. The van der Waals surface area contributed by atoms with Gasteiger partial charge in [0.2, 0.25) is 0 Å². The minimum atomic E-state index is 0.903. The Morgan fingerprint density at radius 2 is 1.95 bits per heavy atom. The molecule has 100 valence electrons. The Kier molecular flexibility index (Phi) is 3.15. The zero-order valence-corrected chi connectivity index (χ0v) is 12.0. The average Bonchev–Trinajstić information content (AvgIpc) is 2.75. The maximum atomic E-state index is 4.81. The first-order valence-corrected chi connectivity index (χ1v) is 7.07. The predicted octanol–water partition coefficient (Wildman–Crippen LogP) is 2.70. The molecule has 3 rings (SSSR count). The fourth-order valence-corrected chi connectivity index (χ4v) is 2.99. The highest BCUT2D eigenvalue weighted by Crippen LogP contribution is 2.23. The standard InChI is InChI=1S/C16H21N3/c1-4-16-18-14-10-17-6-5-15(14)19(16)13-8-11(2)7-12(3)9-13/h7-9,17H,4-6,10H2,1-3H3.